The quantitative estimate of drug-likeness (QED) is 0.631. The van der Waals surface area contributed by atoms with Gasteiger partial charge in [0.1, 0.15) is 0 Å². The Bertz CT molecular complexity index is 379. The van der Waals surface area contributed by atoms with E-state index in [1.54, 1.807) is 0 Å². The minimum absolute atomic E-state index is 0.132. The van der Waals surface area contributed by atoms with E-state index in [0.29, 0.717) is 0 Å². The number of benzene rings is 1. The molecule has 3 N–H and O–H groups in total. The highest BCUT2D eigenvalue weighted by molar-refractivity contribution is 5.89. The second-order valence-corrected chi connectivity index (χ2v) is 4.61. The topological polar surface area (TPSA) is 53.2 Å². The summed E-state index contributed by atoms with van der Waals surface area (Å²) in [4.78, 5) is 11.6. The van der Waals surface area contributed by atoms with Crippen molar-refractivity contribution < 1.29 is 4.79 Å². The summed E-state index contributed by atoms with van der Waals surface area (Å²) in [7, 11) is 0. The summed E-state index contributed by atoms with van der Waals surface area (Å²) in [5, 5.41) is 9.04. The summed E-state index contributed by atoms with van der Waals surface area (Å²) in [5.41, 5.74) is 2.02. The molecule has 0 aromatic heterocycles. The normalized spacial score (nSPS) is 10.2. The van der Waals surface area contributed by atoms with Crippen molar-refractivity contribution in [2.75, 3.05) is 18.4 Å². The summed E-state index contributed by atoms with van der Waals surface area (Å²) in [5.74, 6) is 0. The highest BCUT2D eigenvalue weighted by Crippen LogP contribution is 2.10. The maximum Gasteiger partial charge on any atom is 0.319 e. The third-order valence-electron chi connectivity index (χ3n) is 2.76. The molecule has 106 valence electrons. The highest BCUT2D eigenvalue weighted by atomic mass is 16.2. The van der Waals surface area contributed by atoms with Gasteiger partial charge in [-0.25, -0.2) is 4.79 Å². The molecular weight excluding hydrogens is 238 g/mol. The van der Waals surface area contributed by atoms with Crippen LogP contribution in [0, 0.1) is 0 Å². The molecule has 0 radical (unpaired) electrons. The predicted molar refractivity (Wildman–Crippen MR) is 80.4 cm³/mol. The first-order chi connectivity index (χ1) is 9.26. The van der Waals surface area contributed by atoms with E-state index in [1.807, 2.05) is 18.2 Å². The average molecular weight is 263 g/mol. The Balaban J connectivity index is 2.40. The van der Waals surface area contributed by atoms with Crippen LogP contribution in [0.25, 0.3) is 0 Å². The van der Waals surface area contributed by atoms with E-state index in [9.17, 15) is 4.79 Å². The molecule has 1 rings (SSSR count). The van der Waals surface area contributed by atoms with Gasteiger partial charge in [-0.1, -0.05) is 32.4 Å². The zero-order chi connectivity index (χ0) is 13.9. The molecule has 0 bridgehead atoms. The molecule has 0 saturated carbocycles. The summed E-state index contributed by atoms with van der Waals surface area (Å²) in [6.45, 7) is 6.81. The van der Waals surface area contributed by atoms with Crippen LogP contribution in [0.15, 0.2) is 24.3 Å². The van der Waals surface area contributed by atoms with Crippen molar-refractivity contribution in [2.45, 2.75) is 39.7 Å². The second kappa shape index (κ2) is 9.39. The fourth-order valence-corrected chi connectivity index (χ4v) is 1.72. The van der Waals surface area contributed by atoms with Crippen molar-refractivity contribution >= 4 is 11.7 Å². The van der Waals surface area contributed by atoms with Gasteiger partial charge in [0.2, 0.25) is 0 Å². The van der Waals surface area contributed by atoms with E-state index < -0.39 is 0 Å². The van der Waals surface area contributed by atoms with Gasteiger partial charge in [0.05, 0.1) is 0 Å². The molecule has 0 fully saturated rings. The monoisotopic (exact) mass is 263 g/mol. The second-order valence-electron chi connectivity index (χ2n) is 4.61. The van der Waals surface area contributed by atoms with E-state index in [0.717, 1.165) is 44.6 Å². The number of hydrogen-bond acceptors (Lipinski definition) is 2. The van der Waals surface area contributed by atoms with Gasteiger partial charge in [0.25, 0.3) is 0 Å². The third kappa shape index (κ3) is 6.82. The Labute approximate surface area is 116 Å². The van der Waals surface area contributed by atoms with Gasteiger partial charge in [-0.05, 0) is 37.1 Å². The fourth-order valence-electron chi connectivity index (χ4n) is 1.72. The van der Waals surface area contributed by atoms with Crippen LogP contribution in [0.3, 0.4) is 0 Å². The lowest BCUT2D eigenvalue weighted by Gasteiger charge is -2.09. The number of carbonyl (C=O) groups excluding carboxylic acids is 1. The predicted octanol–water partition coefficient (Wildman–Crippen LogP) is 3.11. The summed E-state index contributed by atoms with van der Waals surface area (Å²) >= 11 is 0. The third-order valence-corrected chi connectivity index (χ3v) is 2.76. The van der Waals surface area contributed by atoms with Gasteiger partial charge < -0.3 is 16.0 Å². The molecule has 0 saturated heterocycles. The first-order valence-corrected chi connectivity index (χ1v) is 7.10. The Hall–Kier alpha value is -1.55. The Kier molecular flexibility index (Phi) is 7.66. The van der Waals surface area contributed by atoms with E-state index in [1.165, 1.54) is 5.56 Å². The minimum Gasteiger partial charge on any atom is -0.338 e. The molecular formula is C15H25N3O. The van der Waals surface area contributed by atoms with Crippen LogP contribution in [-0.4, -0.2) is 19.1 Å². The number of rotatable bonds is 8. The van der Waals surface area contributed by atoms with Crippen LogP contribution in [0.5, 0.6) is 0 Å². The number of anilines is 1. The minimum atomic E-state index is -0.132. The molecule has 4 heteroatoms. The SMILES string of the molecule is CCCCNC(=O)Nc1cccc(CNCCC)c1. The van der Waals surface area contributed by atoms with Gasteiger partial charge in [-0.3, -0.25) is 0 Å². The lowest BCUT2D eigenvalue weighted by Crippen LogP contribution is -2.29. The standard InChI is InChI=1S/C15H25N3O/c1-3-5-10-17-15(19)18-14-8-6-7-13(11-14)12-16-9-4-2/h6-8,11,16H,3-5,9-10,12H2,1-2H3,(H2,17,18,19). The van der Waals surface area contributed by atoms with E-state index in [4.69, 9.17) is 0 Å². The molecule has 0 atom stereocenters. The first-order valence-electron chi connectivity index (χ1n) is 7.10. The summed E-state index contributed by atoms with van der Waals surface area (Å²) in [6.07, 6.45) is 3.21. The molecule has 1 aromatic carbocycles. The van der Waals surface area contributed by atoms with Gasteiger partial charge >= 0.3 is 6.03 Å². The fraction of sp³-hybridized carbons (Fsp3) is 0.533. The Morgan fingerprint density at radius 1 is 1.16 bits per heavy atom. The molecule has 0 heterocycles. The van der Waals surface area contributed by atoms with Crippen LogP contribution in [0.1, 0.15) is 38.7 Å². The van der Waals surface area contributed by atoms with E-state index in [2.05, 4.69) is 35.9 Å². The van der Waals surface area contributed by atoms with Crippen molar-refractivity contribution in [3.05, 3.63) is 29.8 Å². The Morgan fingerprint density at radius 2 is 2.00 bits per heavy atom. The molecule has 0 aliphatic carbocycles. The molecule has 4 nitrogen and oxygen atoms in total. The maximum atomic E-state index is 11.6. The van der Waals surface area contributed by atoms with Crippen molar-refractivity contribution in [2.24, 2.45) is 0 Å². The maximum absolute atomic E-state index is 11.6. The number of nitrogens with one attached hydrogen (secondary N) is 3. The lowest BCUT2D eigenvalue weighted by atomic mass is 10.2. The van der Waals surface area contributed by atoms with Crippen molar-refractivity contribution in [1.29, 1.82) is 0 Å². The molecule has 19 heavy (non-hydrogen) atoms. The van der Waals surface area contributed by atoms with E-state index in [-0.39, 0.29) is 6.03 Å². The molecule has 1 aromatic rings. The number of unbranched alkanes of at least 4 members (excludes halogenated alkanes) is 1. The molecule has 0 aliphatic heterocycles. The van der Waals surface area contributed by atoms with Gasteiger partial charge in [-0.2, -0.15) is 0 Å². The zero-order valence-corrected chi connectivity index (χ0v) is 12.0. The lowest BCUT2D eigenvalue weighted by molar-refractivity contribution is 0.252. The largest absolute Gasteiger partial charge is 0.338 e. The zero-order valence-electron chi connectivity index (χ0n) is 12.0. The molecule has 0 aliphatic rings. The van der Waals surface area contributed by atoms with Crippen LogP contribution >= 0.6 is 0 Å². The first kappa shape index (κ1) is 15.5. The van der Waals surface area contributed by atoms with Gasteiger partial charge in [0.15, 0.2) is 0 Å². The average Bonchev–Trinajstić information content (AvgIpc) is 2.40. The summed E-state index contributed by atoms with van der Waals surface area (Å²) < 4.78 is 0. The van der Waals surface area contributed by atoms with Crippen molar-refractivity contribution in [1.82, 2.24) is 10.6 Å². The van der Waals surface area contributed by atoms with Crippen LogP contribution in [0.4, 0.5) is 10.5 Å². The number of urea groups is 1. The smallest absolute Gasteiger partial charge is 0.319 e. The van der Waals surface area contributed by atoms with Crippen molar-refractivity contribution in [3.63, 3.8) is 0 Å². The van der Waals surface area contributed by atoms with Crippen LogP contribution < -0.4 is 16.0 Å². The molecule has 0 unspecified atom stereocenters. The van der Waals surface area contributed by atoms with Crippen LogP contribution in [0.2, 0.25) is 0 Å². The number of carbonyl (C=O) groups is 1. The molecule has 2 amide bonds. The summed E-state index contributed by atoms with van der Waals surface area (Å²) in [6, 6.07) is 7.80. The van der Waals surface area contributed by atoms with Gasteiger partial charge in [0, 0.05) is 18.8 Å². The van der Waals surface area contributed by atoms with Gasteiger partial charge in [-0.15, -0.1) is 0 Å². The van der Waals surface area contributed by atoms with Crippen molar-refractivity contribution in [3.8, 4) is 0 Å². The number of hydrogen-bond donors (Lipinski definition) is 3. The number of amides is 2. The highest BCUT2D eigenvalue weighted by Gasteiger charge is 2.01. The molecule has 0 spiro atoms. The van der Waals surface area contributed by atoms with E-state index >= 15 is 0 Å². The van der Waals surface area contributed by atoms with Crippen LogP contribution in [-0.2, 0) is 6.54 Å². The Morgan fingerprint density at radius 3 is 2.74 bits per heavy atom.